The minimum Gasteiger partial charge on any atom is -0.507 e. The third-order valence-corrected chi connectivity index (χ3v) is 5.95. The fraction of sp³-hybridized carbons (Fsp3) is 0.522. The summed E-state index contributed by atoms with van der Waals surface area (Å²) in [6, 6.07) is 1.45. The number of fused-ring (bicyclic) bond motifs is 1. The zero-order chi connectivity index (χ0) is 19.9. The van der Waals surface area contributed by atoms with E-state index in [0.717, 1.165) is 41.6 Å². The molecule has 1 heterocycles. The molecule has 2 atom stereocenters. The van der Waals surface area contributed by atoms with Gasteiger partial charge in [0, 0.05) is 35.6 Å². The predicted molar refractivity (Wildman–Crippen MR) is 109 cm³/mol. The Bertz CT molecular complexity index is 806. The number of hydrogen-bond acceptors (Lipinski definition) is 3. The van der Waals surface area contributed by atoms with Gasteiger partial charge in [0.2, 0.25) is 5.91 Å². The summed E-state index contributed by atoms with van der Waals surface area (Å²) in [6.07, 6.45) is 5.73. The van der Waals surface area contributed by atoms with Crippen molar-refractivity contribution in [2.75, 3.05) is 11.4 Å². The van der Waals surface area contributed by atoms with E-state index in [2.05, 4.69) is 19.6 Å². The van der Waals surface area contributed by atoms with Crippen LogP contribution in [0.1, 0.15) is 64.0 Å². The quantitative estimate of drug-likeness (QED) is 0.733. The normalized spacial score (nSPS) is 22.4. The zero-order valence-electron chi connectivity index (χ0n) is 16.9. The molecule has 0 saturated heterocycles. The first-order valence-electron chi connectivity index (χ1n) is 9.94. The molecule has 146 valence electrons. The van der Waals surface area contributed by atoms with Crippen molar-refractivity contribution in [3.63, 3.8) is 0 Å². The Labute approximate surface area is 162 Å². The van der Waals surface area contributed by atoms with Crippen LogP contribution < -0.4 is 4.90 Å². The Morgan fingerprint density at radius 2 is 1.96 bits per heavy atom. The second-order valence-corrected chi connectivity index (χ2v) is 8.43. The van der Waals surface area contributed by atoms with Gasteiger partial charge >= 0.3 is 0 Å². The lowest BCUT2D eigenvalue weighted by Gasteiger charge is -2.38. The minimum absolute atomic E-state index is 0.0329. The van der Waals surface area contributed by atoms with Crippen LogP contribution in [0.25, 0.3) is 0 Å². The second-order valence-electron chi connectivity index (χ2n) is 8.43. The zero-order valence-corrected chi connectivity index (χ0v) is 16.9. The topological polar surface area (TPSA) is 60.8 Å². The van der Waals surface area contributed by atoms with Crippen molar-refractivity contribution >= 4 is 11.6 Å². The first kappa shape index (κ1) is 19.5. The molecule has 1 aliphatic carbocycles. The SMILES string of the molecule is C=C(C)C1CCC(C)=CC1c1c(O)cc(O)c2c1N(C(=O)C(C)C)CCC2. The number of carbonyl (C=O) groups excluding carboxylic acids is 1. The van der Waals surface area contributed by atoms with Crippen LogP contribution in [0.3, 0.4) is 0 Å². The van der Waals surface area contributed by atoms with E-state index in [1.54, 1.807) is 4.90 Å². The third-order valence-electron chi connectivity index (χ3n) is 5.95. The maximum absolute atomic E-state index is 12.9. The van der Waals surface area contributed by atoms with Crippen LogP contribution in [0.4, 0.5) is 5.69 Å². The highest BCUT2D eigenvalue weighted by molar-refractivity contribution is 5.98. The van der Waals surface area contributed by atoms with E-state index in [1.165, 1.54) is 11.6 Å². The number of nitrogens with zero attached hydrogens (tertiary/aromatic N) is 1. The lowest BCUT2D eigenvalue weighted by molar-refractivity contribution is -0.121. The van der Waals surface area contributed by atoms with Crippen LogP contribution in [-0.4, -0.2) is 22.7 Å². The summed E-state index contributed by atoms with van der Waals surface area (Å²) in [6.45, 7) is 12.7. The van der Waals surface area contributed by atoms with Crippen molar-refractivity contribution in [2.45, 2.75) is 59.3 Å². The standard InChI is InChI=1S/C23H31NO3/c1-13(2)16-9-8-15(5)11-18(16)21-20(26)12-19(25)17-7-6-10-24(22(17)21)23(27)14(3)4/h11-12,14,16,18,25-26H,1,6-10H2,2-5H3. The highest BCUT2D eigenvalue weighted by Crippen LogP contribution is 2.51. The molecule has 27 heavy (non-hydrogen) atoms. The van der Waals surface area contributed by atoms with Crippen molar-refractivity contribution in [1.82, 2.24) is 0 Å². The number of carbonyl (C=O) groups is 1. The summed E-state index contributed by atoms with van der Waals surface area (Å²) >= 11 is 0. The van der Waals surface area contributed by atoms with Gasteiger partial charge in [0.15, 0.2) is 0 Å². The van der Waals surface area contributed by atoms with Gasteiger partial charge in [0.05, 0.1) is 5.69 Å². The van der Waals surface area contributed by atoms with Gasteiger partial charge in [-0.15, -0.1) is 0 Å². The molecule has 1 aliphatic heterocycles. The summed E-state index contributed by atoms with van der Waals surface area (Å²) in [4.78, 5) is 14.7. The number of anilines is 1. The number of allylic oxidation sites excluding steroid dienone is 3. The van der Waals surface area contributed by atoms with E-state index in [1.807, 2.05) is 20.8 Å². The Kier molecular flexibility index (Phi) is 5.36. The third kappa shape index (κ3) is 3.50. The van der Waals surface area contributed by atoms with Crippen molar-refractivity contribution in [2.24, 2.45) is 11.8 Å². The molecule has 0 fully saturated rings. The van der Waals surface area contributed by atoms with E-state index in [9.17, 15) is 15.0 Å². The van der Waals surface area contributed by atoms with E-state index >= 15 is 0 Å². The van der Waals surface area contributed by atoms with E-state index in [4.69, 9.17) is 0 Å². The van der Waals surface area contributed by atoms with Crippen LogP contribution >= 0.6 is 0 Å². The van der Waals surface area contributed by atoms with Crippen LogP contribution in [0.5, 0.6) is 11.5 Å². The van der Waals surface area contributed by atoms with Crippen molar-refractivity contribution in [1.29, 1.82) is 0 Å². The molecule has 1 aromatic rings. The van der Waals surface area contributed by atoms with Gasteiger partial charge in [-0.2, -0.15) is 0 Å². The van der Waals surface area contributed by atoms with Crippen molar-refractivity contribution in [3.8, 4) is 11.5 Å². The van der Waals surface area contributed by atoms with E-state index in [-0.39, 0.29) is 35.2 Å². The van der Waals surface area contributed by atoms with Crippen LogP contribution in [0.2, 0.25) is 0 Å². The van der Waals surface area contributed by atoms with E-state index in [0.29, 0.717) is 13.0 Å². The number of aromatic hydroxyl groups is 2. The maximum Gasteiger partial charge on any atom is 0.229 e. The molecule has 3 rings (SSSR count). The Hall–Kier alpha value is -2.23. The van der Waals surface area contributed by atoms with Gasteiger partial charge in [-0.25, -0.2) is 0 Å². The summed E-state index contributed by atoms with van der Waals surface area (Å²) in [5.41, 5.74) is 4.64. The molecule has 0 saturated carbocycles. The van der Waals surface area contributed by atoms with Gasteiger partial charge in [0.25, 0.3) is 0 Å². The molecule has 0 radical (unpaired) electrons. The number of rotatable bonds is 3. The molecule has 0 spiro atoms. The molecule has 4 nitrogen and oxygen atoms in total. The number of phenols is 2. The largest absolute Gasteiger partial charge is 0.507 e. The van der Waals surface area contributed by atoms with Crippen LogP contribution in [-0.2, 0) is 11.2 Å². The molecule has 1 aromatic carbocycles. The highest BCUT2D eigenvalue weighted by Gasteiger charge is 2.36. The van der Waals surface area contributed by atoms with Gasteiger partial charge in [-0.1, -0.05) is 37.6 Å². The molecular formula is C23H31NO3. The predicted octanol–water partition coefficient (Wildman–Crippen LogP) is 5.05. The van der Waals surface area contributed by atoms with Crippen LogP contribution in [0.15, 0.2) is 29.9 Å². The Balaban J connectivity index is 2.25. The van der Waals surface area contributed by atoms with Crippen LogP contribution in [0, 0.1) is 11.8 Å². The number of hydrogen-bond donors (Lipinski definition) is 2. The highest BCUT2D eigenvalue weighted by atomic mass is 16.3. The van der Waals surface area contributed by atoms with Crippen molar-refractivity contribution < 1.29 is 15.0 Å². The number of benzene rings is 1. The smallest absolute Gasteiger partial charge is 0.229 e. The number of amides is 1. The molecule has 2 unspecified atom stereocenters. The molecule has 0 aromatic heterocycles. The summed E-state index contributed by atoms with van der Waals surface area (Å²) < 4.78 is 0. The monoisotopic (exact) mass is 369 g/mol. The summed E-state index contributed by atoms with van der Waals surface area (Å²) in [5, 5.41) is 21.4. The lowest BCUT2D eigenvalue weighted by Crippen LogP contribution is -2.39. The molecule has 2 aliphatic rings. The van der Waals surface area contributed by atoms with Gasteiger partial charge in [-0.3, -0.25) is 4.79 Å². The average molecular weight is 370 g/mol. The number of phenolic OH excluding ortho intramolecular Hbond substituents is 2. The lowest BCUT2D eigenvalue weighted by atomic mass is 9.72. The fourth-order valence-electron chi connectivity index (χ4n) is 4.55. The minimum atomic E-state index is -0.145. The summed E-state index contributed by atoms with van der Waals surface area (Å²) in [7, 11) is 0. The first-order valence-corrected chi connectivity index (χ1v) is 9.94. The van der Waals surface area contributed by atoms with Gasteiger partial charge in [0.1, 0.15) is 11.5 Å². The molecule has 0 bridgehead atoms. The molecule has 2 N–H and O–H groups in total. The molecule has 4 heteroatoms. The summed E-state index contributed by atoms with van der Waals surface area (Å²) in [5.74, 6) is 0.213. The fourth-order valence-corrected chi connectivity index (χ4v) is 4.55. The van der Waals surface area contributed by atoms with Crippen molar-refractivity contribution in [3.05, 3.63) is 41.0 Å². The van der Waals surface area contributed by atoms with E-state index < -0.39 is 0 Å². The second kappa shape index (κ2) is 7.41. The first-order chi connectivity index (χ1) is 12.7. The average Bonchev–Trinajstić information content (AvgIpc) is 2.60. The van der Waals surface area contributed by atoms with Gasteiger partial charge < -0.3 is 15.1 Å². The molecule has 1 amide bonds. The Morgan fingerprint density at radius 1 is 1.26 bits per heavy atom. The van der Waals surface area contributed by atoms with Gasteiger partial charge in [-0.05, 0) is 45.4 Å². The maximum atomic E-state index is 12.9. The molecular weight excluding hydrogens is 338 g/mol. The Morgan fingerprint density at radius 3 is 2.59 bits per heavy atom.